The van der Waals surface area contributed by atoms with Crippen LogP contribution in [-0.2, 0) is 57.2 Å². The molecule has 13 nitrogen and oxygen atoms in total. The first kappa shape index (κ1) is 57.4. The topological polar surface area (TPSA) is 178 Å². The second-order valence-electron chi connectivity index (χ2n) is 21.0. The molecular formula is C55H92O13. The zero-order chi connectivity index (χ0) is 48.4. The van der Waals surface area contributed by atoms with Gasteiger partial charge in [0, 0.05) is 38.5 Å². The molecule has 13 heteroatoms. The second-order valence-corrected chi connectivity index (χ2v) is 21.0. The Labute approximate surface area is 409 Å². The molecule has 4 aliphatic carbocycles. The Morgan fingerprint density at radius 3 is 0.868 bits per heavy atom. The third-order valence-electron chi connectivity index (χ3n) is 15.1. The van der Waals surface area contributed by atoms with Gasteiger partial charge in [0.05, 0.1) is 6.10 Å². The number of hydrogen-bond acceptors (Lipinski definition) is 13. The summed E-state index contributed by atoms with van der Waals surface area (Å²) >= 11 is 0. The number of carbonyl (C=O) groups is 6. The summed E-state index contributed by atoms with van der Waals surface area (Å²) < 4.78 is 33.4. The number of carbonyl (C=O) groups excluding carboxylic acids is 6. The van der Waals surface area contributed by atoms with Crippen LogP contribution < -0.4 is 0 Å². The predicted octanol–water partition coefficient (Wildman–Crippen LogP) is 11.7. The highest BCUT2D eigenvalue weighted by molar-refractivity contribution is 5.72. The summed E-state index contributed by atoms with van der Waals surface area (Å²) in [6.45, 7) is -0.580. The van der Waals surface area contributed by atoms with Crippen molar-refractivity contribution in [3.8, 4) is 0 Å². The normalized spacial score (nSPS) is 17.8. The van der Waals surface area contributed by atoms with Crippen molar-refractivity contribution in [2.24, 2.45) is 23.7 Å². The standard InChI is InChI=1S/C55H92O13/c56-47(27-15-5-17-29-54(61)67-48(39-63-50(57)35-31-43-19-7-1-8-20-43)40-64-51(58)36-32-44-21-9-2-10-22-44)28-16-6-18-30-55(62)68-49(41-65-52(59)37-33-45-23-11-3-12-24-45)42-66-53(60)38-34-46-25-13-4-14-26-46/h43-49,56H,1-42H2. The van der Waals surface area contributed by atoms with Crippen LogP contribution in [0.2, 0.25) is 0 Å². The average molecular weight is 961 g/mol. The summed E-state index contributed by atoms with van der Waals surface area (Å²) in [5.41, 5.74) is 0. The zero-order valence-electron chi connectivity index (χ0n) is 42.1. The summed E-state index contributed by atoms with van der Waals surface area (Å²) in [5, 5.41) is 10.6. The maximum Gasteiger partial charge on any atom is 0.306 e. The largest absolute Gasteiger partial charge is 0.462 e. The molecule has 0 unspecified atom stereocenters. The molecule has 0 heterocycles. The molecule has 0 aromatic heterocycles. The van der Waals surface area contributed by atoms with E-state index in [9.17, 15) is 33.9 Å². The highest BCUT2D eigenvalue weighted by Gasteiger charge is 2.24. The Hall–Kier alpha value is -3.22. The van der Waals surface area contributed by atoms with Crippen LogP contribution in [0.15, 0.2) is 0 Å². The van der Waals surface area contributed by atoms with Gasteiger partial charge in [0.15, 0.2) is 12.2 Å². The first-order valence-electron chi connectivity index (χ1n) is 27.8. The maximum atomic E-state index is 12.9. The van der Waals surface area contributed by atoms with Crippen LogP contribution in [0.3, 0.4) is 0 Å². The molecule has 0 atom stereocenters. The van der Waals surface area contributed by atoms with Crippen molar-refractivity contribution in [1.29, 1.82) is 0 Å². The van der Waals surface area contributed by atoms with Gasteiger partial charge in [-0.25, -0.2) is 0 Å². The molecule has 4 aliphatic rings. The van der Waals surface area contributed by atoms with Gasteiger partial charge in [0.1, 0.15) is 26.4 Å². The zero-order valence-corrected chi connectivity index (χ0v) is 42.1. The summed E-state index contributed by atoms with van der Waals surface area (Å²) in [5.74, 6) is 0.0458. The van der Waals surface area contributed by atoms with Crippen molar-refractivity contribution >= 4 is 35.8 Å². The molecule has 0 amide bonds. The maximum absolute atomic E-state index is 12.9. The lowest BCUT2D eigenvalue weighted by Gasteiger charge is -2.22. The molecule has 4 saturated carbocycles. The van der Waals surface area contributed by atoms with Crippen LogP contribution in [0.4, 0.5) is 0 Å². The van der Waals surface area contributed by atoms with Crippen molar-refractivity contribution in [3.05, 3.63) is 0 Å². The van der Waals surface area contributed by atoms with Crippen molar-refractivity contribution in [2.75, 3.05) is 26.4 Å². The van der Waals surface area contributed by atoms with E-state index < -0.39 is 30.3 Å². The van der Waals surface area contributed by atoms with Gasteiger partial charge in [-0.1, -0.05) is 154 Å². The van der Waals surface area contributed by atoms with E-state index in [1.807, 2.05) is 0 Å². The van der Waals surface area contributed by atoms with E-state index in [4.69, 9.17) is 28.4 Å². The second kappa shape index (κ2) is 35.8. The molecule has 0 saturated heterocycles. The van der Waals surface area contributed by atoms with Gasteiger partial charge in [-0.05, 0) is 75.0 Å². The summed E-state index contributed by atoms with van der Waals surface area (Å²) in [6.07, 6.45) is 31.8. The summed E-state index contributed by atoms with van der Waals surface area (Å²) in [7, 11) is 0. The fraction of sp³-hybridized carbons (Fsp3) is 0.891. The fourth-order valence-corrected chi connectivity index (χ4v) is 10.7. The fourth-order valence-electron chi connectivity index (χ4n) is 10.7. The number of rotatable bonds is 34. The predicted molar refractivity (Wildman–Crippen MR) is 259 cm³/mol. The molecule has 68 heavy (non-hydrogen) atoms. The molecule has 0 bridgehead atoms. The van der Waals surface area contributed by atoms with Gasteiger partial charge >= 0.3 is 35.8 Å². The van der Waals surface area contributed by atoms with Gasteiger partial charge in [0.25, 0.3) is 0 Å². The van der Waals surface area contributed by atoms with E-state index in [2.05, 4.69) is 0 Å². The Kier molecular flexibility index (Phi) is 30.2. The molecule has 0 aliphatic heterocycles. The summed E-state index contributed by atoms with van der Waals surface area (Å²) in [4.78, 5) is 76.1. The van der Waals surface area contributed by atoms with E-state index in [-0.39, 0.29) is 63.1 Å². The average Bonchev–Trinajstić information content (AvgIpc) is 3.36. The highest BCUT2D eigenvalue weighted by Crippen LogP contribution is 2.30. The molecule has 0 radical (unpaired) electrons. The lowest BCUT2D eigenvalue weighted by Crippen LogP contribution is -2.31. The molecule has 4 fully saturated rings. The molecule has 4 rings (SSSR count). The van der Waals surface area contributed by atoms with Crippen LogP contribution in [0, 0.1) is 23.7 Å². The number of unbranched alkanes of at least 4 members (excludes halogenated alkanes) is 4. The lowest BCUT2D eigenvalue weighted by molar-refractivity contribution is -0.167. The molecule has 0 aromatic carbocycles. The van der Waals surface area contributed by atoms with E-state index in [1.165, 1.54) is 77.0 Å². The van der Waals surface area contributed by atoms with Gasteiger partial charge in [-0.2, -0.15) is 0 Å². The van der Waals surface area contributed by atoms with Crippen LogP contribution in [-0.4, -0.2) is 85.7 Å². The van der Waals surface area contributed by atoms with Gasteiger partial charge < -0.3 is 33.5 Å². The van der Waals surface area contributed by atoms with Gasteiger partial charge in [0.2, 0.25) is 0 Å². The van der Waals surface area contributed by atoms with Crippen LogP contribution in [0.25, 0.3) is 0 Å². The Balaban J connectivity index is 1.07. The minimum absolute atomic E-state index is 0.145. The third kappa shape index (κ3) is 27.8. The number of aliphatic hydroxyl groups is 1. The van der Waals surface area contributed by atoms with Crippen LogP contribution >= 0.6 is 0 Å². The number of ether oxygens (including phenoxy) is 6. The quantitative estimate of drug-likeness (QED) is 0.0366. The van der Waals surface area contributed by atoms with Crippen molar-refractivity contribution < 1.29 is 62.3 Å². The molecule has 1 N–H and O–H groups in total. The molecule has 390 valence electrons. The number of hydrogen-bond donors (Lipinski definition) is 1. The first-order valence-corrected chi connectivity index (χ1v) is 27.8. The first-order chi connectivity index (χ1) is 33.1. The molecule has 0 aromatic rings. The Morgan fingerprint density at radius 2 is 0.603 bits per heavy atom. The molecule has 0 spiro atoms. The van der Waals surface area contributed by atoms with Crippen molar-refractivity contribution in [1.82, 2.24) is 0 Å². The Morgan fingerprint density at radius 1 is 0.338 bits per heavy atom. The van der Waals surface area contributed by atoms with E-state index >= 15 is 0 Å². The minimum Gasteiger partial charge on any atom is -0.462 e. The van der Waals surface area contributed by atoms with E-state index in [0.29, 0.717) is 75.0 Å². The highest BCUT2D eigenvalue weighted by atomic mass is 16.6. The van der Waals surface area contributed by atoms with Gasteiger partial charge in [-0.3, -0.25) is 28.8 Å². The van der Waals surface area contributed by atoms with E-state index in [0.717, 1.165) is 103 Å². The Bertz CT molecular complexity index is 1230. The summed E-state index contributed by atoms with van der Waals surface area (Å²) in [6, 6.07) is 0. The van der Waals surface area contributed by atoms with Crippen molar-refractivity contribution in [2.45, 2.75) is 262 Å². The van der Waals surface area contributed by atoms with Crippen LogP contribution in [0.1, 0.15) is 244 Å². The van der Waals surface area contributed by atoms with E-state index in [1.54, 1.807) is 0 Å². The third-order valence-corrected chi connectivity index (χ3v) is 15.1. The van der Waals surface area contributed by atoms with Crippen LogP contribution in [0.5, 0.6) is 0 Å². The number of aliphatic hydroxyl groups excluding tert-OH is 1. The molecular weight excluding hydrogens is 869 g/mol. The monoisotopic (exact) mass is 961 g/mol. The minimum atomic E-state index is -0.861. The van der Waals surface area contributed by atoms with Crippen molar-refractivity contribution in [3.63, 3.8) is 0 Å². The lowest BCUT2D eigenvalue weighted by atomic mass is 9.86. The smallest absolute Gasteiger partial charge is 0.306 e. The SMILES string of the molecule is O=C(CCC1CCCCC1)OCC(COC(=O)CCC1CCCCC1)OC(=O)CCCCCC(O)CCCCCC(=O)OC(COC(=O)CCC1CCCCC1)COC(=O)CCC1CCCCC1. The number of esters is 6. The van der Waals surface area contributed by atoms with Gasteiger partial charge in [-0.15, -0.1) is 0 Å².